The van der Waals surface area contributed by atoms with E-state index < -0.39 is 10.0 Å². The van der Waals surface area contributed by atoms with Crippen molar-refractivity contribution in [1.29, 1.82) is 0 Å². The first kappa shape index (κ1) is 14.3. The van der Waals surface area contributed by atoms with Crippen LogP contribution in [0, 0.1) is 0 Å². The van der Waals surface area contributed by atoms with E-state index in [9.17, 15) is 8.42 Å². The number of hydrogen-bond donors (Lipinski definition) is 0. The summed E-state index contributed by atoms with van der Waals surface area (Å²) in [6.45, 7) is 3.16. The topological polar surface area (TPSA) is 40.6 Å². The summed E-state index contributed by atoms with van der Waals surface area (Å²) < 4.78 is 27.0. The zero-order valence-electron chi connectivity index (χ0n) is 11.3. The van der Waals surface area contributed by atoms with Gasteiger partial charge in [-0.25, -0.2) is 8.42 Å². The zero-order chi connectivity index (χ0) is 14.2. The molecule has 110 valence electrons. The van der Waals surface area contributed by atoms with Gasteiger partial charge in [-0.1, -0.05) is 12.1 Å². The normalized spacial score (nSPS) is 24.8. The molecule has 1 unspecified atom stereocenters. The molecule has 2 aliphatic rings. The lowest BCUT2D eigenvalue weighted by molar-refractivity contribution is 0.158. The Bertz CT molecular complexity index is 591. The molecule has 0 bridgehead atoms. The summed E-state index contributed by atoms with van der Waals surface area (Å²) in [6, 6.07) is 7.35. The van der Waals surface area contributed by atoms with Crippen LogP contribution in [0.1, 0.15) is 18.4 Å². The molecule has 3 rings (SSSR count). The summed E-state index contributed by atoms with van der Waals surface area (Å²) >= 11 is 5.79. The van der Waals surface area contributed by atoms with Crippen molar-refractivity contribution >= 4 is 21.6 Å². The first-order chi connectivity index (χ1) is 9.61. The van der Waals surface area contributed by atoms with Gasteiger partial charge in [-0.3, -0.25) is 4.90 Å². The summed E-state index contributed by atoms with van der Waals surface area (Å²) in [5.41, 5.74) is 0.840. The molecule has 0 spiro atoms. The highest BCUT2D eigenvalue weighted by atomic mass is 35.5. The van der Waals surface area contributed by atoms with E-state index in [2.05, 4.69) is 4.90 Å². The van der Waals surface area contributed by atoms with Gasteiger partial charge in [-0.05, 0) is 37.1 Å². The average molecular weight is 315 g/mol. The minimum atomic E-state index is -3.39. The van der Waals surface area contributed by atoms with E-state index in [1.165, 1.54) is 6.42 Å². The maximum absolute atomic E-state index is 12.7. The van der Waals surface area contributed by atoms with Crippen LogP contribution in [0.3, 0.4) is 0 Å². The van der Waals surface area contributed by atoms with Crippen molar-refractivity contribution in [3.05, 3.63) is 29.8 Å². The van der Waals surface area contributed by atoms with Crippen molar-refractivity contribution in [2.75, 3.05) is 26.2 Å². The van der Waals surface area contributed by atoms with Crippen LogP contribution in [-0.4, -0.2) is 49.8 Å². The lowest BCUT2D eigenvalue weighted by atomic mass is 10.2. The SMILES string of the molecule is O=S(=O)(c1cccc(CCl)c1)N1CCN2CCCC2C1. The second kappa shape index (κ2) is 5.64. The van der Waals surface area contributed by atoms with Crippen LogP contribution in [0.2, 0.25) is 0 Å². The molecule has 0 radical (unpaired) electrons. The van der Waals surface area contributed by atoms with Gasteiger partial charge in [0.15, 0.2) is 0 Å². The van der Waals surface area contributed by atoms with E-state index in [0.717, 1.165) is 25.1 Å². The Morgan fingerprint density at radius 2 is 2.10 bits per heavy atom. The van der Waals surface area contributed by atoms with Crippen molar-refractivity contribution in [3.8, 4) is 0 Å². The summed E-state index contributed by atoms with van der Waals surface area (Å²) in [5, 5.41) is 0. The lowest BCUT2D eigenvalue weighted by Crippen LogP contribution is -2.51. The molecule has 0 saturated carbocycles. The Kier molecular flexibility index (Phi) is 4.04. The third-order valence-corrected chi connectivity index (χ3v) is 6.41. The van der Waals surface area contributed by atoms with Crippen LogP contribution in [0.25, 0.3) is 0 Å². The van der Waals surface area contributed by atoms with E-state index >= 15 is 0 Å². The van der Waals surface area contributed by atoms with Crippen LogP contribution >= 0.6 is 11.6 Å². The summed E-state index contributed by atoms with van der Waals surface area (Å²) in [4.78, 5) is 2.77. The molecule has 2 heterocycles. The highest BCUT2D eigenvalue weighted by Gasteiger charge is 2.36. The summed E-state index contributed by atoms with van der Waals surface area (Å²) in [5.74, 6) is 0.333. The number of rotatable bonds is 3. The van der Waals surface area contributed by atoms with Crippen LogP contribution < -0.4 is 0 Å². The van der Waals surface area contributed by atoms with Gasteiger partial charge in [0.2, 0.25) is 10.0 Å². The van der Waals surface area contributed by atoms with E-state index in [-0.39, 0.29) is 0 Å². The van der Waals surface area contributed by atoms with Gasteiger partial charge in [0.25, 0.3) is 0 Å². The fraction of sp³-hybridized carbons (Fsp3) is 0.571. The second-order valence-electron chi connectivity index (χ2n) is 5.48. The zero-order valence-corrected chi connectivity index (χ0v) is 12.9. The van der Waals surface area contributed by atoms with Crippen molar-refractivity contribution in [3.63, 3.8) is 0 Å². The van der Waals surface area contributed by atoms with E-state index in [1.807, 2.05) is 6.07 Å². The molecule has 2 saturated heterocycles. The quantitative estimate of drug-likeness (QED) is 0.800. The number of halogens is 1. The van der Waals surface area contributed by atoms with Crippen LogP contribution in [-0.2, 0) is 15.9 Å². The number of benzene rings is 1. The van der Waals surface area contributed by atoms with Gasteiger partial charge in [-0.15, -0.1) is 11.6 Å². The lowest BCUT2D eigenvalue weighted by Gasteiger charge is -2.36. The van der Waals surface area contributed by atoms with Gasteiger partial charge >= 0.3 is 0 Å². The fourth-order valence-electron chi connectivity index (χ4n) is 3.12. The van der Waals surface area contributed by atoms with Crippen molar-refractivity contribution in [2.24, 2.45) is 0 Å². The van der Waals surface area contributed by atoms with Crippen molar-refractivity contribution < 1.29 is 8.42 Å². The molecule has 0 aliphatic carbocycles. The van der Waals surface area contributed by atoms with Gasteiger partial charge in [0, 0.05) is 31.6 Å². The molecule has 1 aromatic rings. The fourth-order valence-corrected chi connectivity index (χ4v) is 4.82. The van der Waals surface area contributed by atoms with Crippen LogP contribution in [0.15, 0.2) is 29.2 Å². The Labute approximate surface area is 125 Å². The number of hydrogen-bond acceptors (Lipinski definition) is 3. The van der Waals surface area contributed by atoms with Crippen LogP contribution in [0.5, 0.6) is 0 Å². The van der Waals surface area contributed by atoms with Gasteiger partial charge < -0.3 is 0 Å². The highest BCUT2D eigenvalue weighted by molar-refractivity contribution is 7.89. The molecule has 20 heavy (non-hydrogen) atoms. The van der Waals surface area contributed by atoms with Crippen molar-refractivity contribution in [2.45, 2.75) is 29.7 Å². The Balaban J connectivity index is 1.84. The first-order valence-corrected chi connectivity index (χ1v) is 8.98. The van der Waals surface area contributed by atoms with Crippen molar-refractivity contribution in [1.82, 2.24) is 9.21 Å². The summed E-state index contributed by atoms with van der Waals surface area (Å²) in [6.07, 6.45) is 2.29. The minimum Gasteiger partial charge on any atom is -0.298 e. The average Bonchev–Trinajstić information content (AvgIpc) is 2.94. The molecule has 1 atom stereocenters. The predicted octanol–water partition coefficient (Wildman–Crippen LogP) is 1.89. The molecule has 0 amide bonds. The molecule has 0 N–H and O–H groups in total. The number of nitrogens with zero attached hydrogens (tertiary/aromatic N) is 2. The third-order valence-electron chi connectivity index (χ3n) is 4.24. The summed E-state index contributed by atoms with van der Waals surface area (Å²) in [7, 11) is -3.39. The number of piperazine rings is 1. The molecule has 1 aromatic carbocycles. The van der Waals surface area contributed by atoms with E-state index in [1.54, 1.807) is 22.5 Å². The van der Waals surface area contributed by atoms with Crippen LogP contribution in [0.4, 0.5) is 0 Å². The monoisotopic (exact) mass is 314 g/mol. The number of sulfonamides is 1. The Hall–Kier alpha value is -0.620. The Morgan fingerprint density at radius 1 is 1.25 bits per heavy atom. The van der Waals surface area contributed by atoms with Gasteiger partial charge in [0.1, 0.15) is 0 Å². The second-order valence-corrected chi connectivity index (χ2v) is 7.68. The molecule has 6 heteroatoms. The van der Waals surface area contributed by atoms with Gasteiger partial charge in [-0.2, -0.15) is 4.31 Å². The molecular formula is C14H19ClN2O2S. The predicted molar refractivity (Wildman–Crippen MR) is 79.4 cm³/mol. The number of alkyl halides is 1. The first-order valence-electron chi connectivity index (χ1n) is 7.00. The smallest absolute Gasteiger partial charge is 0.243 e. The maximum atomic E-state index is 12.7. The Morgan fingerprint density at radius 3 is 2.90 bits per heavy atom. The largest absolute Gasteiger partial charge is 0.298 e. The standard InChI is InChI=1S/C14H19ClN2O2S/c15-10-12-3-1-5-14(9-12)20(18,19)17-8-7-16-6-2-4-13(16)11-17/h1,3,5,9,13H,2,4,6-8,10-11H2. The molecular weight excluding hydrogens is 296 g/mol. The molecule has 2 aliphatic heterocycles. The maximum Gasteiger partial charge on any atom is 0.243 e. The van der Waals surface area contributed by atoms with E-state index in [4.69, 9.17) is 11.6 Å². The molecule has 2 fully saturated rings. The molecule has 0 aromatic heterocycles. The molecule has 4 nitrogen and oxygen atoms in total. The highest BCUT2D eigenvalue weighted by Crippen LogP contribution is 2.26. The minimum absolute atomic E-state index is 0.333. The van der Waals surface area contributed by atoms with E-state index in [0.29, 0.717) is 29.9 Å². The van der Waals surface area contributed by atoms with Gasteiger partial charge in [0.05, 0.1) is 4.90 Å². The third kappa shape index (κ3) is 2.60. The number of fused-ring (bicyclic) bond motifs is 1.